The van der Waals surface area contributed by atoms with E-state index in [1.807, 2.05) is 0 Å². The van der Waals surface area contributed by atoms with Gasteiger partial charge in [0.2, 0.25) is 5.91 Å². The average Bonchev–Trinajstić information content (AvgIpc) is 2.65. The zero-order valence-corrected chi connectivity index (χ0v) is 15.1. The van der Waals surface area contributed by atoms with E-state index < -0.39 is 29.5 Å². The van der Waals surface area contributed by atoms with Crippen LogP contribution in [0.25, 0.3) is 10.9 Å². The number of amides is 1. The molecule has 1 heterocycles. The van der Waals surface area contributed by atoms with Crippen molar-refractivity contribution in [1.29, 1.82) is 0 Å². The lowest BCUT2D eigenvalue weighted by molar-refractivity contribution is -0.384. The number of anilines is 1. The first kappa shape index (κ1) is 20.1. The Balaban J connectivity index is 1.77. The quantitative estimate of drug-likeness (QED) is 0.479. The Morgan fingerprint density at radius 1 is 1.31 bits per heavy atom. The first-order valence-corrected chi connectivity index (χ1v) is 8.30. The van der Waals surface area contributed by atoms with Gasteiger partial charge in [-0.2, -0.15) is 8.78 Å². The predicted molar refractivity (Wildman–Crippen MR) is 99.4 cm³/mol. The van der Waals surface area contributed by atoms with Gasteiger partial charge >= 0.3 is 6.61 Å². The number of halogens is 3. The van der Waals surface area contributed by atoms with Crippen LogP contribution in [0.3, 0.4) is 0 Å². The van der Waals surface area contributed by atoms with E-state index in [0.29, 0.717) is 0 Å². The van der Waals surface area contributed by atoms with E-state index in [0.717, 1.165) is 17.0 Å². The van der Waals surface area contributed by atoms with Crippen LogP contribution in [-0.2, 0) is 11.3 Å². The fourth-order valence-electron chi connectivity index (χ4n) is 2.50. The van der Waals surface area contributed by atoms with Crippen molar-refractivity contribution >= 4 is 39.8 Å². The number of nitro groups is 1. The summed E-state index contributed by atoms with van der Waals surface area (Å²) < 4.78 is 29.7. The molecule has 1 amide bonds. The molecule has 150 valence electrons. The molecular formula is C17H11ClF2N4O5. The number of nitrogens with one attached hydrogen (secondary N) is 1. The Morgan fingerprint density at radius 3 is 2.72 bits per heavy atom. The Labute approximate surface area is 165 Å². The smallest absolute Gasteiger partial charge is 0.387 e. The van der Waals surface area contributed by atoms with Gasteiger partial charge in [-0.1, -0.05) is 11.6 Å². The third-order valence-electron chi connectivity index (χ3n) is 3.77. The summed E-state index contributed by atoms with van der Waals surface area (Å²) in [5.74, 6) is -0.850. The first-order valence-electron chi connectivity index (χ1n) is 7.92. The van der Waals surface area contributed by atoms with Gasteiger partial charge in [0, 0.05) is 17.8 Å². The van der Waals surface area contributed by atoms with E-state index in [1.165, 1.54) is 30.3 Å². The van der Waals surface area contributed by atoms with E-state index in [9.17, 15) is 28.5 Å². The maximum atomic E-state index is 12.5. The van der Waals surface area contributed by atoms with Crippen molar-refractivity contribution in [3.63, 3.8) is 0 Å². The maximum Gasteiger partial charge on any atom is 0.387 e. The summed E-state index contributed by atoms with van der Waals surface area (Å²) in [5.41, 5.74) is -0.434. The van der Waals surface area contributed by atoms with Gasteiger partial charge < -0.3 is 10.1 Å². The number of nitrogens with zero attached hydrogens (tertiary/aromatic N) is 3. The maximum absolute atomic E-state index is 12.5. The van der Waals surface area contributed by atoms with Crippen LogP contribution in [0, 0.1) is 10.1 Å². The molecular weight excluding hydrogens is 414 g/mol. The Morgan fingerprint density at radius 2 is 2.07 bits per heavy atom. The molecule has 0 aliphatic heterocycles. The zero-order valence-electron chi connectivity index (χ0n) is 14.3. The van der Waals surface area contributed by atoms with Gasteiger partial charge in [0.05, 0.1) is 27.2 Å². The molecule has 0 aliphatic rings. The molecule has 0 bridgehead atoms. The summed E-state index contributed by atoms with van der Waals surface area (Å²) >= 11 is 5.82. The van der Waals surface area contributed by atoms with Crippen molar-refractivity contribution in [2.24, 2.45) is 0 Å². The number of carbonyl (C=O) groups is 1. The van der Waals surface area contributed by atoms with Crippen LogP contribution >= 0.6 is 11.6 Å². The highest BCUT2D eigenvalue weighted by atomic mass is 35.5. The number of hydrogen-bond acceptors (Lipinski definition) is 6. The minimum Gasteiger partial charge on any atom is -0.433 e. The van der Waals surface area contributed by atoms with E-state index in [-0.39, 0.29) is 33.0 Å². The normalized spacial score (nSPS) is 10.9. The van der Waals surface area contributed by atoms with E-state index in [2.05, 4.69) is 15.0 Å². The van der Waals surface area contributed by atoms with Crippen molar-refractivity contribution in [3.8, 4) is 5.75 Å². The zero-order chi connectivity index (χ0) is 21.1. The largest absolute Gasteiger partial charge is 0.433 e. The molecule has 0 radical (unpaired) electrons. The molecule has 9 nitrogen and oxygen atoms in total. The number of carbonyl (C=O) groups excluding carboxylic acids is 1. The number of ether oxygens (including phenoxy) is 1. The molecule has 0 aliphatic carbocycles. The highest BCUT2D eigenvalue weighted by Crippen LogP contribution is 2.28. The highest BCUT2D eigenvalue weighted by Gasteiger charge is 2.13. The number of benzene rings is 2. The molecule has 3 aromatic rings. The third-order valence-corrected chi connectivity index (χ3v) is 4.06. The fraction of sp³-hybridized carbons (Fsp3) is 0.118. The average molecular weight is 425 g/mol. The van der Waals surface area contributed by atoms with Gasteiger partial charge in [-0.05, 0) is 24.3 Å². The molecule has 3 rings (SSSR count). The SMILES string of the molecule is O=C(Cn1cnc2cc([N+](=O)[O-])ccc2c1=O)Nc1ccc(OC(F)F)c(Cl)c1. The lowest BCUT2D eigenvalue weighted by atomic mass is 10.2. The standard InChI is InChI=1S/C17H11ClF2N4O5/c18-12-5-9(1-4-14(12)29-17(19)20)22-15(25)7-23-8-21-13-6-10(24(27)28)2-3-11(13)16(23)26/h1-6,8,17H,7H2,(H,22,25). The molecule has 1 aromatic heterocycles. The number of aromatic nitrogens is 2. The van der Waals surface area contributed by atoms with E-state index >= 15 is 0 Å². The second-order valence-corrected chi connectivity index (χ2v) is 6.12. The Hall–Kier alpha value is -3.60. The molecule has 0 fully saturated rings. The van der Waals surface area contributed by atoms with Crippen LogP contribution in [0.4, 0.5) is 20.2 Å². The van der Waals surface area contributed by atoms with Crippen molar-refractivity contribution in [2.75, 3.05) is 5.32 Å². The molecule has 0 saturated heterocycles. The molecule has 0 unspecified atom stereocenters. The van der Waals surface area contributed by atoms with Crippen molar-refractivity contribution in [1.82, 2.24) is 9.55 Å². The van der Waals surface area contributed by atoms with Gasteiger partial charge in [0.25, 0.3) is 11.2 Å². The summed E-state index contributed by atoms with van der Waals surface area (Å²) in [7, 11) is 0. The second-order valence-electron chi connectivity index (χ2n) is 5.71. The molecule has 29 heavy (non-hydrogen) atoms. The van der Waals surface area contributed by atoms with Crippen LogP contribution in [0.1, 0.15) is 0 Å². The minimum absolute atomic E-state index is 0.113. The van der Waals surface area contributed by atoms with Crippen LogP contribution in [0.2, 0.25) is 5.02 Å². The molecule has 0 spiro atoms. The minimum atomic E-state index is -3.04. The van der Waals surface area contributed by atoms with Crippen molar-refractivity contribution in [3.05, 3.63) is 68.2 Å². The number of nitro benzene ring substituents is 1. The summed E-state index contributed by atoms with van der Waals surface area (Å²) in [6.07, 6.45) is 1.10. The summed E-state index contributed by atoms with van der Waals surface area (Å²) in [5, 5.41) is 13.3. The van der Waals surface area contributed by atoms with Crippen LogP contribution in [0.5, 0.6) is 5.75 Å². The van der Waals surface area contributed by atoms with Gasteiger partial charge in [-0.25, -0.2) is 4.98 Å². The topological polar surface area (TPSA) is 116 Å². The van der Waals surface area contributed by atoms with Gasteiger partial charge in [0.1, 0.15) is 12.3 Å². The van der Waals surface area contributed by atoms with E-state index in [1.54, 1.807) is 0 Å². The number of hydrogen-bond donors (Lipinski definition) is 1. The third kappa shape index (κ3) is 4.63. The van der Waals surface area contributed by atoms with Gasteiger partial charge in [0.15, 0.2) is 0 Å². The van der Waals surface area contributed by atoms with Crippen LogP contribution in [0.15, 0.2) is 47.5 Å². The Bertz CT molecular complexity index is 1170. The lowest BCUT2D eigenvalue weighted by Gasteiger charge is -2.10. The molecule has 0 saturated carbocycles. The highest BCUT2D eigenvalue weighted by molar-refractivity contribution is 6.32. The first-order chi connectivity index (χ1) is 13.7. The van der Waals surface area contributed by atoms with E-state index in [4.69, 9.17) is 11.6 Å². The summed E-state index contributed by atoms with van der Waals surface area (Å²) in [4.78, 5) is 38.8. The number of fused-ring (bicyclic) bond motifs is 1. The molecule has 12 heteroatoms. The summed E-state index contributed by atoms with van der Waals surface area (Å²) in [6.45, 7) is -3.44. The summed E-state index contributed by atoms with van der Waals surface area (Å²) in [6, 6.07) is 7.28. The molecule has 0 atom stereocenters. The van der Waals surface area contributed by atoms with Gasteiger partial charge in [-0.15, -0.1) is 0 Å². The fourth-order valence-corrected chi connectivity index (χ4v) is 2.72. The number of alkyl halides is 2. The Kier molecular flexibility index (Phi) is 5.69. The molecule has 1 N–H and O–H groups in total. The van der Waals surface area contributed by atoms with Crippen LogP contribution in [-0.4, -0.2) is 27.0 Å². The molecule has 2 aromatic carbocycles. The monoisotopic (exact) mass is 424 g/mol. The van der Waals surface area contributed by atoms with Crippen molar-refractivity contribution < 1.29 is 23.2 Å². The van der Waals surface area contributed by atoms with Crippen LogP contribution < -0.4 is 15.6 Å². The van der Waals surface area contributed by atoms with Crippen molar-refractivity contribution in [2.45, 2.75) is 13.2 Å². The lowest BCUT2D eigenvalue weighted by Crippen LogP contribution is -2.27. The van der Waals surface area contributed by atoms with Gasteiger partial charge in [-0.3, -0.25) is 24.3 Å². The number of non-ortho nitro benzene ring substituents is 1. The predicted octanol–water partition coefficient (Wildman–Crippen LogP) is 3.20. The second kappa shape index (κ2) is 8.19. The number of rotatable bonds is 6.